The van der Waals surface area contributed by atoms with Crippen molar-refractivity contribution in [2.75, 3.05) is 46.3 Å². The van der Waals surface area contributed by atoms with E-state index in [1.807, 2.05) is 21.9 Å². The third kappa shape index (κ3) is 5.62. The number of halogens is 2. The summed E-state index contributed by atoms with van der Waals surface area (Å²) in [6.45, 7) is 4.92. The average molecular weight is 426 g/mol. The van der Waals surface area contributed by atoms with Crippen molar-refractivity contribution < 1.29 is 9.59 Å². The highest BCUT2D eigenvalue weighted by Crippen LogP contribution is 2.24. The molecule has 1 aromatic carbocycles. The molecule has 2 amide bonds. The van der Waals surface area contributed by atoms with Crippen molar-refractivity contribution in [1.82, 2.24) is 14.7 Å². The maximum atomic E-state index is 12.7. The van der Waals surface area contributed by atoms with Crippen LogP contribution in [0.4, 0.5) is 0 Å². The van der Waals surface area contributed by atoms with Crippen LogP contribution >= 0.6 is 23.2 Å². The maximum Gasteiger partial charge on any atom is 0.225 e. The number of piperidine rings is 1. The predicted molar refractivity (Wildman–Crippen MR) is 113 cm³/mol. The lowest BCUT2D eigenvalue weighted by Crippen LogP contribution is -2.51. The SMILES string of the molecule is CN1CCN(C(=O)C2CCN(C(=O)CCCc3ccc(Cl)c(Cl)c3)CC2)CC1. The largest absolute Gasteiger partial charge is 0.343 e. The molecule has 2 saturated heterocycles. The molecule has 0 bridgehead atoms. The highest BCUT2D eigenvalue weighted by Gasteiger charge is 2.31. The van der Waals surface area contributed by atoms with Gasteiger partial charge in [-0.15, -0.1) is 0 Å². The quantitative estimate of drug-likeness (QED) is 0.726. The number of aryl methyl sites for hydroxylation is 1. The van der Waals surface area contributed by atoms with E-state index in [-0.39, 0.29) is 17.7 Å². The Morgan fingerprint density at radius 3 is 2.29 bits per heavy atom. The van der Waals surface area contributed by atoms with Gasteiger partial charge in [0.1, 0.15) is 0 Å². The van der Waals surface area contributed by atoms with Crippen molar-refractivity contribution in [2.24, 2.45) is 5.92 Å². The molecule has 0 spiro atoms. The summed E-state index contributed by atoms with van der Waals surface area (Å²) in [5, 5.41) is 1.10. The zero-order valence-corrected chi connectivity index (χ0v) is 18.0. The van der Waals surface area contributed by atoms with Gasteiger partial charge in [0.2, 0.25) is 11.8 Å². The van der Waals surface area contributed by atoms with Crippen molar-refractivity contribution in [3.05, 3.63) is 33.8 Å². The normalized spacial score (nSPS) is 19.1. The number of hydrogen-bond donors (Lipinski definition) is 0. The summed E-state index contributed by atoms with van der Waals surface area (Å²) in [5.41, 5.74) is 1.10. The molecule has 0 N–H and O–H groups in total. The molecule has 0 aromatic heterocycles. The molecule has 3 rings (SSSR count). The zero-order chi connectivity index (χ0) is 20.1. The summed E-state index contributed by atoms with van der Waals surface area (Å²) in [6, 6.07) is 5.61. The number of carbonyl (C=O) groups is 2. The van der Waals surface area contributed by atoms with E-state index in [1.165, 1.54) is 0 Å². The first-order valence-corrected chi connectivity index (χ1v) is 10.9. The second-order valence-corrected chi connectivity index (χ2v) is 8.70. The van der Waals surface area contributed by atoms with Crippen LogP contribution in [-0.2, 0) is 16.0 Å². The van der Waals surface area contributed by atoms with Crippen LogP contribution in [-0.4, -0.2) is 72.8 Å². The Morgan fingerprint density at radius 2 is 1.64 bits per heavy atom. The van der Waals surface area contributed by atoms with Crippen LogP contribution in [0, 0.1) is 5.92 Å². The van der Waals surface area contributed by atoms with Crippen LogP contribution in [0.2, 0.25) is 10.0 Å². The standard InChI is InChI=1S/C21H29Cl2N3O2/c1-24-11-13-26(14-12-24)21(28)17-7-9-25(10-8-17)20(27)4-2-3-16-5-6-18(22)19(23)15-16/h5-6,15,17H,2-4,7-14H2,1H3. The van der Waals surface area contributed by atoms with Crippen molar-refractivity contribution in [2.45, 2.75) is 32.1 Å². The van der Waals surface area contributed by atoms with Gasteiger partial charge in [0.15, 0.2) is 0 Å². The second kappa shape index (κ2) is 9.95. The molecule has 5 nitrogen and oxygen atoms in total. The Balaban J connectivity index is 1.38. The van der Waals surface area contributed by atoms with Crippen molar-refractivity contribution >= 4 is 35.0 Å². The lowest BCUT2D eigenvalue weighted by molar-refractivity contribution is -0.142. The Kier molecular flexibility index (Phi) is 7.61. The van der Waals surface area contributed by atoms with Crippen molar-refractivity contribution in [3.8, 4) is 0 Å². The molecule has 154 valence electrons. The van der Waals surface area contributed by atoms with Gasteiger partial charge in [0.25, 0.3) is 0 Å². The van der Waals surface area contributed by atoms with E-state index in [0.29, 0.717) is 29.6 Å². The van der Waals surface area contributed by atoms with Gasteiger partial charge in [-0.2, -0.15) is 0 Å². The van der Waals surface area contributed by atoms with E-state index in [2.05, 4.69) is 11.9 Å². The fourth-order valence-corrected chi connectivity index (χ4v) is 4.28. The fourth-order valence-electron chi connectivity index (χ4n) is 3.96. The summed E-state index contributed by atoms with van der Waals surface area (Å²) in [7, 11) is 2.09. The summed E-state index contributed by atoms with van der Waals surface area (Å²) in [6.07, 6.45) is 3.68. The maximum absolute atomic E-state index is 12.7. The van der Waals surface area contributed by atoms with Crippen LogP contribution in [0.25, 0.3) is 0 Å². The molecule has 7 heteroatoms. The smallest absolute Gasteiger partial charge is 0.225 e. The number of likely N-dealkylation sites (N-methyl/N-ethyl adjacent to an activating group) is 1. The van der Waals surface area contributed by atoms with Gasteiger partial charge in [-0.1, -0.05) is 29.3 Å². The number of piperazine rings is 1. The van der Waals surface area contributed by atoms with Gasteiger partial charge in [-0.3, -0.25) is 9.59 Å². The lowest BCUT2D eigenvalue weighted by atomic mass is 9.94. The Labute approximate surface area is 177 Å². The molecular weight excluding hydrogens is 397 g/mol. The first-order valence-electron chi connectivity index (χ1n) is 10.1. The highest BCUT2D eigenvalue weighted by molar-refractivity contribution is 6.42. The molecule has 0 unspecified atom stereocenters. The highest BCUT2D eigenvalue weighted by atomic mass is 35.5. The minimum absolute atomic E-state index is 0.0728. The average Bonchev–Trinajstić information content (AvgIpc) is 2.71. The van der Waals surface area contributed by atoms with Crippen LogP contribution in [0.1, 0.15) is 31.2 Å². The number of hydrogen-bond acceptors (Lipinski definition) is 3. The van der Waals surface area contributed by atoms with E-state index >= 15 is 0 Å². The van der Waals surface area contributed by atoms with E-state index in [0.717, 1.165) is 57.4 Å². The monoisotopic (exact) mass is 425 g/mol. The number of likely N-dealkylation sites (tertiary alicyclic amines) is 1. The molecule has 2 fully saturated rings. The minimum Gasteiger partial charge on any atom is -0.343 e. The molecule has 28 heavy (non-hydrogen) atoms. The van der Waals surface area contributed by atoms with Crippen molar-refractivity contribution in [1.29, 1.82) is 0 Å². The Bertz CT molecular complexity index is 697. The number of nitrogens with zero attached hydrogens (tertiary/aromatic N) is 3. The molecule has 0 saturated carbocycles. The van der Waals surface area contributed by atoms with Crippen LogP contribution in [0.15, 0.2) is 18.2 Å². The van der Waals surface area contributed by atoms with E-state index in [1.54, 1.807) is 6.07 Å². The third-order valence-corrected chi connectivity index (χ3v) is 6.59. The van der Waals surface area contributed by atoms with E-state index in [9.17, 15) is 9.59 Å². The molecule has 0 radical (unpaired) electrons. The lowest BCUT2D eigenvalue weighted by Gasteiger charge is -2.37. The van der Waals surface area contributed by atoms with Gasteiger partial charge >= 0.3 is 0 Å². The molecule has 0 aliphatic carbocycles. The van der Waals surface area contributed by atoms with Crippen LogP contribution < -0.4 is 0 Å². The van der Waals surface area contributed by atoms with Crippen molar-refractivity contribution in [3.63, 3.8) is 0 Å². The van der Waals surface area contributed by atoms with Crippen LogP contribution in [0.3, 0.4) is 0 Å². The Hall–Kier alpha value is -1.30. The summed E-state index contributed by atoms with van der Waals surface area (Å²) in [4.78, 5) is 31.4. The van der Waals surface area contributed by atoms with Gasteiger partial charge in [-0.25, -0.2) is 0 Å². The summed E-state index contributed by atoms with van der Waals surface area (Å²) >= 11 is 12.0. The van der Waals surface area contributed by atoms with E-state index < -0.39 is 0 Å². The number of amides is 2. The van der Waals surface area contributed by atoms with Gasteiger partial charge < -0.3 is 14.7 Å². The van der Waals surface area contributed by atoms with Crippen LogP contribution in [0.5, 0.6) is 0 Å². The number of benzene rings is 1. The number of rotatable bonds is 5. The first-order chi connectivity index (χ1) is 13.4. The minimum atomic E-state index is 0.0728. The Morgan fingerprint density at radius 1 is 0.964 bits per heavy atom. The predicted octanol–water partition coefficient (Wildman–Crippen LogP) is 3.33. The summed E-state index contributed by atoms with van der Waals surface area (Å²) in [5.74, 6) is 0.536. The third-order valence-electron chi connectivity index (χ3n) is 5.85. The molecule has 1 aromatic rings. The first kappa shape index (κ1) is 21.4. The molecule has 2 aliphatic rings. The molecular formula is C21H29Cl2N3O2. The van der Waals surface area contributed by atoms with Gasteiger partial charge in [0, 0.05) is 51.6 Å². The molecule has 2 aliphatic heterocycles. The zero-order valence-electron chi connectivity index (χ0n) is 16.5. The number of carbonyl (C=O) groups excluding carboxylic acids is 2. The van der Waals surface area contributed by atoms with Gasteiger partial charge in [-0.05, 0) is 50.4 Å². The fraction of sp³-hybridized carbons (Fsp3) is 0.619. The molecule has 0 atom stereocenters. The van der Waals surface area contributed by atoms with E-state index in [4.69, 9.17) is 23.2 Å². The summed E-state index contributed by atoms with van der Waals surface area (Å²) < 4.78 is 0. The topological polar surface area (TPSA) is 43.9 Å². The van der Waals surface area contributed by atoms with Gasteiger partial charge in [0.05, 0.1) is 10.0 Å². The molecule has 2 heterocycles. The second-order valence-electron chi connectivity index (χ2n) is 7.89.